The van der Waals surface area contributed by atoms with E-state index in [1.165, 1.54) is 0 Å². The van der Waals surface area contributed by atoms with Gasteiger partial charge >= 0.3 is 5.97 Å². The topological polar surface area (TPSA) is 65.2 Å². The zero-order valence-corrected chi connectivity index (χ0v) is 11.0. The summed E-state index contributed by atoms with van der Waals surface area (Å²) in [6.45, 7) is 3.78. The maximum absolute atomic E-state index is 11.5. The molecular weight excluding hydrogens is 244 g/mol. The normalized spacial score (nSPS) is 12.1. The van der Waals surface area contributed by atoms with Gasteiger partial charge in [0.1, 0.15) is 0 Å². The second-order valence-electron chi connectivity index (χ2n) is 4.28. The van der Waals surface area contributed by atoms with E-state index in [-0.39, 0.29) is 18.5 Å². The summed E-state index contributed by atoms with van der Waals surface area (Å²) >= 11 is 0. The van der Waals surface area contributed by atoms with Gasteiger partial charge in [0.2, 0.25) is 5.89 Å². The second-order valence-corrected chi connectivity index (χ2v) is 4.28. The number of nitrogens with zero attached hydrogens (tertiary/aromatic N) is 2. The number of esters is 1. The highest BCUT2D eigenvalue weighted by Gasteiger charge is 2.14. The van der Waals surface area contributed by atoms with E-state index in [4.69, 9.17) is 9.15 Å². The van der Waals surface area contributed by atoms with E-state index in [0.717, 1.165) is 12.0 Å². The number of rotatable bonds is 5. The van der Waals surface area contributed by atoms with E-state index >= 15 is 0 Å². The third-order valence-electron chi connectivity index (χ3n) is 2.84. The molecule has 1 heterocycles. The molecule has 0 saturated carbocycles. The molecule has 0 saturated heterocycles. The van der Waals surface area contributed by atoms with Crippen molar-refractivity contribution >= 4 is 5.97 Å². The number of carbonyl (C=O) groups is 1. The first-order valence-corrected chi connectivity index (χ1v) is 6.25. The number of aromatic nitrogens is 2. The van der Waals surface area contributed by atoms with Crippen molar-refractivity contribution in [2.75, 3.05) is 0 Å². The standard InChI is InChI=1S/C14H16N2O3/c1-3-10(2)14(17)18-9-12-15-16-13(19-12)11-7-5-4-6-8-11/h4-8,10H,3,9H2,1-2H3. The molecule has 100 valence electrons. The third-order valence-corrected chi connectivity index (χ3v) is 2.84. The molecular formula is C14H16N2O3. The fraction of sp³-hybridized carbons (Fsp3) is 0.357. The molecule has 0 bridgehead atoms. The highest BCUT2D eigenvalue weighted by atomic mass is 16.5. The Morgan fingerprint density at radius 3 is 2.74 bits per heavy atom. The maximum Gasteiger partial charge on any atom is 0.309 e. The fourth-order valence-electron chi connectivity index (χ4n) is 1.45. The van der Waals surface area contributed by atoms with Crippen molar-refractivity contribution in [2.45, 2.75) is 26.9 Å². The molecule has 1 unspecified atom stereocenters. The van der Waals surface area contributed by atoms with Gasteiger partial charge in [0, 0.05) is 5.56 Å². The third kappa shape index (κ3) is 3.40. The molecule has 2 rings (SSSR count). The van der Waals surface area contributed by atoms with Gasteiger partial charge < -0.3 is 9.15 Å². The van der Waals surface area contributed by atoms with Crippen LogP contribution in [0.25, 0.3) is 11.5 Å². The highest BCUT2D eigenvalue weighted by molar-refractivity contribution is 5.71. The van der Waals surface area contributed by atoms with Gasteiger partial charge in [-0.25, -0.2) is 0 Å². The van der Waals surface area contributed by atoms with Crippen molar-refractivity contribution in [1.82, 2.24) is 10.2 Å². The van der Waals surface area contributed by atoms with Crippen LogP contribution in [0.15, 0.2) is 34.7 Å². The van der Waals surface area contributed by atoms with Crippen LogP contribution in [0, 0.1) is 5.92 Å². The number of carbonyl (C=O) groups excluding carboxylic acids is 1. The Morgan fingerprint density at radius 2 is 2.05 bits per heavy atom. The molecule has 0 amide bonds. The molecule has 0 spiro atoms. The molecule has 0 aliphatic carbocycles. The molecule has 0 radical (unpaired) electrons. The van der Waals surface area contributed by atoms with Crippen LogP contribution in [0.5, 0.6) is 0 Å². The predicted molar refractivity (Wildman–Crippen MR) is 69.0 cm³/mol. The van der Waals surface area contributed by atoms with E-state index in [9.17, 15) is 4.79 Å². The van der Waals surface area contributed by atoms with Gasteiger partial charge in [-0.3, -0.25) is 4.79 Å². The van der Waals surface area contributed by atoms with Gasteiger partial charge in [-0.05, 0) is 18.6 Å². The smallest absolute Gasteiger partial charge is 0.309 e. The molecule has 2 aromatic rings. The number of benzene rings is 1. The molecule has 0 N–H and O–H groups in total. The lowest BCUT2D eigenvalue weighted by Gasteiger charge is -2.06. The SMILES string of the molecule is CCC(C)C(=O)OCc1nnc(-c2ccccc2)o1. The fourth-order valence-corrected chi connectivity index (χ4v) is 1.45. The molecule has 5 nitrogen and oxygen atoms in total. The summed E-state index contributed by atoms with van der Waals surface area (Å²) in [6, 6.07) is 9.45. The zero-order valence-electron chi connectivity index (χ0n) is 11.0. The van der Waals surface area contributed by atoms with Crippen molar-refractivity contribution in [1.29, 1.82) is 0 Å². The Labute approximate surface area is 111 Å². The average molecular weight is 260 g/mol. The lowest BCUT2D eigenvalue weighted by atomic mass is 10.1. The first kappa shape index (κ1) is 13.3. The maximum atomic E-state index is 11.5. The van der Waals surface area contributed by atoms with Gasteiger partial charge in [-0.2, -0.15) is 0 Å². The number of ether oxygens (including phenoxy) is 1. The van der Waals surface area contributed by atoms with E-state index in [1.807, 2.05) is 44.2 Å². The largest absolute Gasteiger partial charge is 0.455 e. The predicted octanol–water partition coefficient (Wildman–Crippen LogP) is 2.83. The molecule has 1 aromatic carbocycles. The number of hydrogen-bond acceptors (Lipinski definition) is 5. The van der Waals surface area contributed by atoms with Crippen molar-refractivity contribution in [3.8, 4) is 11.5 Å². The minimum absolute atomic E-state index is 0.0169. The summed E-state index contributed by atoms with van der Waals surface area (Å²) < 4.78 is 10.5. The van der Waals surface area contributed by atoms with Crippen LogP contribution in [0.1, 0.15) is 26.2 Å². The Balaban J connectivity index is 1.97. The van der Waals surface area contributed by atoms with Crippen LogP contribution >= 0.6 is 0 Å². The average Bonchev–Trinajstić information content (AvgIpc) is 2.93. The summed E-state index contributed by atoms with van der Waals surface area (Å²) in [5.41, 5.74) is 0.842. The molecule has 0 aliphatic rings. The van der Waals surface area contributed by atoms with Gasteiger partial charge in [0.15, 0.2) is 6.61 Å². The van der Waals surface area contributed by atoms with Crippen molar-refractivity contribution in [2.24, 2.45) is 5.92 Å². The van der Waals surface area contributed by atoms with Crippen LogP contribution in [-0.4, -0.2) is 16.2 Å². The Morgan fingerprint density at radius 1 is 1.32 bits per heavy atom. The number of hydrogen-bond donors (Lipinski definition) is 0. The van der Waals surface area contributed by atoms with Crippen molar-refractivity contribution in [3.63, 3.8) is 0 Å². The van der Waals surface area contributed by atoms with Gasteiger partial charge in [-0.15, -0.1) is 10.2 Å². The van der Waals surface area contributed by atoms with Crippen LogP contribution in [0.4, 0.5) is 0 Å². The van der Waals surface area contributed by atoms with E-state index < -0.39 is 0 Å². The Kier molecular flexibility index (Phi) is 4.28. The molecule has 1 aromatic heterocycles. The minimum Gasteiger partial charge on any atom is -0.455 e. The molecule has 1 atom stereocenters. The summed E-state index contributed by atoms with van der Waals surface area (Å²) in [5.74, 6) is 0.365. The van der Waals surface area contributed by atoms with Crippen LogP contribution in [0.3, 0.4) is 0 Å². The van der Waals surface area contributed by atoms with E-state index in [2.05, 4.69) is 10.2 Å². The Hall–Kier alpha value is -2.17. The summed E-state index contributed by atoms with van der Waals surface area (Å²) in [6.07, 6.45) is 0.748. The zero-order chi connectivity index (χ0) is 13.7. The lowest BCUT2D eigenvalue weighted by molar-refractivity contribution is -0.150. The summed E-state index contributed by atoms with van der Waals surface area (Å²) in [5, 5.41) is 7.78. The minimum atomic E-state index is -0.248. The first-order valence-electron chi connectivity index (χ1n) is 6.25. The lowest BCUT2D eigenvalue weighted by Crippen LogP contribution is -2.13. The Bertz CT molecular complexity index is 537. The van der Waals surface area contributed by atoms with Crippen LogP contribution < -0.4 is 0 Å². The molecule has 0 aliphatic heterocycles. The highest BCUT2D eigenvalue weighted by Crippen LogP contribution is 2.17. The van der Waals surface area contributed by atoms with E-state index in [0.29, 0.717) is 11.8 Å². The summed E-state index contributed by atoms with van der Waals surface area (Å²) in [7, 11) is 0. The van der Waals surface area contributed by atoms with E-state index in [1.54, 1.807) is 0 Å². The quantitative estimate of drug-likeness (QED) is 0.773. The molecule has 19 heavy (non-hydrogen) atoms. The second kappa shape index (κ2) is 6.13. The monoisotopic (exact) mass is 260 g/mol. The van der Waals surface area contributed by atoms with Crippen molar-refractivity contribution in [3.05, 3.63) is 36.2 Å². The van der Waals surface area contributed by atoms with Crippen LogP contribution in [-0.2, 0) is 16.1 Å². The molecule has 0 fully saturated rings. The van der Waals surface area contributed by atoms with Crippen LogP contribution in [0.2, 0.25) is 0 Å². The van der Waals surface area contributed by atoms with Crippen molar-refractivity contribution < 1.29 is 13.9 Å². The first-order chi connectivity index (χ1) is 9.20. The van der Waals surface area contributed by atoms with Gasteiger partial charge in [0.25, 0.3) is 5.89 Å². The summed E-state index contributed by atoms with van der Waals surface area (Å²) in [4.78, 5) is 11.5. The molecule has 5 heteroatoms. The van der Waals surface area contributed by atoms with Gasteiger partial charge in [-0.1, -0.05) is 32.0 Å². The van der Waals surface area contributed by atoms with Gasteiger partial charge in [0.05, 0.1) is 5.92 Å².